The largest absolute Gasteiger partial charge is 0.356 e. The summed E-state index contributed by atoms with van der Waals surface area (Å²) in [5, 5.41) is 6.20. The number of carbonyl (C=O) groups excluding carboxylic acids is 1. The number of carbonyl (C=O) groups is 1. The number of para-hydroxylation sites is 1. The van der Waals surface area contributed by atoms with Gasteiger partial charge in [-0.05, 0) is 59.0 Å². The zero-order chi connectivity index (χ0) is 20.0. The minimum atomic E-state index is -0.149. The lowest BCUT2D eigenvalue weighted by Crippen LogP contribution is -2.10. The Balaban J connectivity index is 1.56. The van der Waals surface area contributed by atoms with Crippen LogP contribution < -0.4 is 10.6 Å². The second-order valence-electron chi connectivity index (χ2n) is 7.76. The molecule has 0 aliphatic carbocycles. The topological polar surface area (TPSA) is 41.1 Å². The van der Waals surface area contributed by atoms with E-state index >= 15 is 0 Å². The van der Waals surface area contributed by atoms with Crippen molar-refractivity contribution in [1.29, 1.82) is 0 Å². The fourth-order valence-electron chi connectivity index (χ4n) is 2.78. The fourth-order valence-corrected chi connectivity index (χ4v) is 2.78. The van der Waals surface area contributed by atoms with Gasteiger partial charge in [-0.3, -0.25) is 4.79 Å². The van der Waals surface area contributed by atoms with E-state index in [2.05, 4.69) is 43.5 Å². The van der Waals surface area contributed by atoms with Gasteiger partial charge < -0.3 is 10.6 Å². The molecule has 0 spiro atoms. The first-order chi connectivity index (χ1) is 13.4. The quantitative estimate of drug-likeness (QED) is 0.512. The maximum Gasteiger partial charge on any atom is 0.248 e. The van der Waals surface area contributed by atoms with E-state index in [9.17, 15) is 4.79 Å². The monoisotopic (exact) mass is 370 g/mol. The maximum absolute atomic E-state index is 12.2. The molecule has 0 saturated heterocycles. The van der Waals surface area contributed by atoms with Crippen LogP contribution in [0.1, 0.15) is 31.9 Å². The average Bonchev–Trinajstić information content (AvgIpc) is 2.68. The zero-order valence-electron chi connectivity index (χ0n) is 16.6. The standard InChI is InChI=1S/C25H26N2O/c1-25(2,3)20-12-9-19(10-13-20)11-18-24(28)27-23-16-14-22(15-17-23)26-21-7-5-4-6-8-21/h4-18,26H,1-3H3,(H,27,28). The summed E-state index contributed by atoms with van der Waals surface area (Å²) in [7, 11) is 0. The van der Waals surface area contributed by atoms with Crippen molar-refractivity contribution in [2.75, 3.05) is 10.6 Å². The van der Waals surface area contributed by atoms with Crippen molar-refractivity contribution in [2.45, 2.75) is 26.2 Å². The highest BCUT2D eigenvalue weighted by Gasteiger charge is 2.12. The Morgan fingerprint density at radius 3 is 1.93 bits per heavy atom. The number of nitrogens with one attached hydrogen (secondary N) is 2. The normalized spacial score (nSPS) is 11.4. The maximum atomic E-state index is 12.2. The predicted octanol–water partition coefficient (Wildman–Crippen LogP) is 6.38. The molecule has 3 nitrogen and oxygen atoms in total. The van der Waals surface area contributed by atoms with Crippen molar-refractivity contribution in [3.05, 3.63) is 96.1 Å². The molecule has 3 rings (SSSR count). The third-order valence-electron chi connectivity index (χ3n) is 4.42. The molecule has 0 fully saturated rings. The Kier molecular flexibility index (Phi) is 5.95. The molecular formula is C25H26N2O. The molecule has 0 aliphatic rings. The third kappa shape index (κ3) is 5.58. The average molecular weight is 370 g/mol. The van der Waals surface area contributed by atoms with E-state index in [0.29, 0.717) is 0 Å². The molecule has 142 valence electrons. The van der Waals surface area contributed by atoms with Crippen molar-refractivity contribution >= 4 is 29.0 Å². The predicted molar refractivity (Wildman–Crippen MR) is 119 cm³/mol. The zero-order valence-corrected chi connectivity index (χ0v) is 16.6. The molecule has 0 atom stereocenters. The van der Waals surface area contributed by atoms with E-state index in [1.165, 1.54) is 5.56 Å². The van der Waals surface area contributed by atoms with E-state index in [-0.39, 0.29) is 11.3 Å². The molecule has 3 aromatic carbocycles. The summed E-state index contributed by atoms with van der Waals surface area (Å²) in [4.78, 5) is 12.2. The summed E-state index contributed by atoms with van der Waals surface area (Å²) in [6, 6.07) is 25.9. The van der Waals surface area contributed by atoms with Crippen molar-refractivity contribution < 1.29 is 4.79 Å². The van der Waals surface area contributed by atoms with Gasteiger partial charge in [-0.1, -0.05) is 63.2 Å². The summed E-state index contributed by atoms with van der Waals surface area (Å²) in [6.45, 7) is 6.56. The number of anilines is 3. The molecule has 3 heteroatoms. The van der Waals surface area contributed by atoms with Crippen LogP contribution in [0.3, 0.4) is 0 Å². The van der Waals surface area contributed by atoms with Gasteiger partial charge in [0.15, 0.2) is 0 Å². The van der Waals surface area contributed by atoms with E-state index in [4.69, 9.17) is 0 Å². The van der Waals surface area contributed by atoms with Gasteiger partial charge in [-0.15, -0.1) is 0 Å². The molecule has 1 amide bonds. The lowest BCUT2D eigenvalue weighted by atomic mass is 9.87. The van der Waals surface area contributed by atoms with Gasteiger partial charge >= 0.3 is 0 Å². The first-order valence-electron chi connectivity index (χ1n) is 9.42. The number of hydrogen-bond acceptors (Lipinski definition) is 2. The highest BCUT2D eigenvalue weighted by molar-refractivity contribution is 6.02. The minimum Gasteiger partial charge on any atom is -0.356 e. The van der Waals surface area contributed by atoms with Crippen molar-refractivity contribution in [1.82, 2.24) is 0 Å². The second-order valence-corrected chi connectivity index (χ2v) is 7.76. The van der Waals surface area contributed by atoms with Crippen LogP contribution in [0.4, 0.5) is 17.1 Å². The van der Waals surface area contributed by atoms with Crippen LogP contribution >= 0.6 is 0 Å². The van der Waals surface area contributed by atoms with Crippen LogP contribution in [-0.2, 0) is 10.2 Å². The molecule has 0 heterocycles. The summed E-state index contributed by atoms with van der Waals surface area (Å²) >= 11 is 0. The van der Waals surface area contributed by atoms with E-state index in [1.54, 1.807) is 6.08 Å². The van der Waals surface area contributed by atoms with Crippen molar-refractivity contribution in [3.63, 3.8) is 0 Å². The van der Waals surface area contributed by atoms with Crippen LogP contribution in [0.2, 0.25) is 0 Å². The highest BCUT2D eigenvalue weighted by Crippen LogP contribution is 2.22. The molecule has 0 aromatic heterocycles. The minimum absolute atomic E-state index is 0.126. The van der Waals surface area contributed by atoms with Crippen LogP contribution in [0.5, 0.6) is 0 Å². The molecule has 0 bridgehead atoms. The van der Waals surface area contributed by atoms with E-state index < -0.39 is 0 Å². The van der Waals surface area contributed by atoms with Gasteiger partial charge in [-0.2, -0.15) is 0 Å². The van der Waals surface area contributed by atoms with Crippen LogP contribution in [-0.4, -0.2) is 5.91 Å². The molecular weight excluding hydrogens is 344 g/mol. The Morgan fingerprint density at radius 2 is 1.32 bits per heavy atom. The molecule has 0 radical (unpaired) electrons. The number of benzene rings is 3. The molecule has 0 aliphatic heterocycles. The first kappa shape index (κ1) is 19.4. The highest BCUT2D eigenvalue weighted by atomic mass is 16.1. The van der Waals surface area contributed by atoms with Crippen molar-refractivity contribution in [3.8, 4) is 0 Å². The van der Waals surface area contributed by atoms with Crippen LogP contribution in [0.15, 0.2) is 84.9 Å². The first-order valence-corrected chi connectivity index (χ1v) is 9.42. The molecule has 0 unspecified atom stereocenters. The van der Waals surface area contributed by atoms with Gasteiger partial charge in [-0.25, -0.2) is 0 Å². The smallest absolute Gasteiger partial charge is 0.248 e. The third-order valence-corrected chi connectivity index (χ3v) is 4.42. The Hall–Kier alpha value is -3.33. The fraction of sp³-hybridized carbons (Fsp3) is 0.160. The van der Waals surface area contributed by atoms with Gasteiger partial charge in [0.1, 0.15) is 0 Å². The van der Waals surface area contributed by atoms with Crippen molar-refractivity contribution in [2.24, 2.45) is 0 Å². The Bertz CT molecular complexity index is 935. The molecule has 2 N–H and O–H groups in total. The lowest BCUT2D eigenvalue weighted by molar-refractivity contribution is -0.111. The number of rotatable bonds is 5. The summed E-state index contributed by atoms with van der Waals surface area (Å²) in [5.74, 6) is -0.149. The lowest BCUT2D eigenvalue weighted by Gasteiger charge is -2.18. The Morgan fingerprint density at radius 1 is 0.750 bits per heavy atom. The molecule has 28 heavy (non-hydrogen) atoms. The molecule has 0 saturated carbocycles. The Labute approximate surface area is 167 Å². The van der Waals surface area contributed by atoms with E-state index in [0.717, 1.165) is 22.6 Å². The van der Waals surface area contributed by atoms with Crippen LogP contribution in [0.25, 0.3) is 6.08 Å². The molecule has 3 aromatic rings. The van der Waals surface area contributed by atoms with Gasteiger partial charge in [0, 0.05) is 23.1 Å². The van der Waals surface area contributed by atoms with Gasteiger partial charge in [0.05, 0.1) is 0 Å². The number of hydrogen-bond donors (Lipinski definition) is 2. The van der Waals surface area contributed by atoms with Gasteiger partial charge in [0.25, 0.3) is 0 Å². The summed E-state index contributed by atoms with van der Waals surface area (Å²) in [5.41, 5.74) is 5.17. The number of amides is 1. The SMILES string of the molecule is CC(C)(C)c1ccc(C=CC(=O)Nc2ccc(Nc3ccccc3)cc2)cc1. The second kappa shape index (κ2) is 8.57. The summed E-state index contributed by atoms with van der Waals surface area (Å²) < 4.78 is 0. The van der Waals surface area contributed by atoms with Crippen LogP contribution in [0, 0.1) is 0 Å². The van der Waals surface area contributed by atoms with Gasteiger partial charge in [0.2, 0.25) is 5.91 Å². The summed E-state index contributed by atoms with van der Waals surface area (Å²) in [6.07, 6.45) is 3.38. The van der Waals surface area contributed by atoms with E-state index in [1.807, 2.05) is 72.8 Å².